The molecule has 1 N–H and O–H groups in total. The smallest absolute Gasteiger partial charge is 0.0560 e. The minimum atomic E-state index is 0.408. The summed E-state index contributed by atoms with van der Waals surface area (Å²) in [4.78, 5) is 0. The molecule has 2 aromatic rings. The third-order valence-electron chi connectivity index (χ3n) is 2.71. The average molecular weight is 241 g/mol. The first-order chi connectivity index (χ1) is 8.84. The lowest BCUT2D eigenvalue weighted by Gasteiger charge is -2.12. The third kappa shape index (κ3) is 4.18. The zero-order valence-electron chi connectivity index (χ0n) is 10.7. The molecule has 0 amide bonds. The van der Waals surface area contributed by atoms with Crippen LogP contribution in [-0.4, -0.2) is 22.4 Å². The van der Waals surface area contributed by atoms with Crippen molar-refractivity contribution >= 4 is 6.08 Å². The SMILES string of the molecule is CC(Cn1cccn1)NCC=Cc1ccccc1. The van der Waals surface area contributed by atoms with Gasteiger partial charge >= 0.3 is 0 Å². The number of nitrogens with zero attached hydrogens (tertiary/aromatic N) is 2. The Morgan fingerprint density at radius 2 is 2.11 bits per heavy atom. The van der Waals surface area contributed by atoms with Gasteiger partial charge in [0.05, 0.1) is 6.54 Å². The van der Waals surface area contributed by atoms with Crippen molar-refractivity contribution in [1.82, 2.24) is 15.1 Å². The highest BCUT2D eigenvalue weighted by Gasteiger charge is 2.00. The van der Waals surface area contributed by atoms with Crippen molar-refractivity contribution in [3.8, 4) is 0 Å². The zero-order valence-corrected chi connectivity index (χ0v) is 10.7. The van der Waals surface area contributed by atoms with Gasteiger partial charge in [0.1, 0.15) is 0 Å². The van der Waals surface area contributed by atoms with E-state index in [1.54, 1.807) is 0 Å². The van der Waals surface area contributed by atoms with Crippen LogP contribution in [0.1, 0.15) is 12.5 Å². The normalized spacial score (nSPS) is 12.9. The summed E-state index contributed by atoms with van der Waals surface area (Å²) in [6, 6.07) is 12.7. The highest BCUT2D eigenvalue weighted by atomic mass is 15.3. The standard InChI is InChI=1S/C15H19N3/c1-14(13-18-12-6-11-17-18)16-10-5-9-15-7-3-2-4-8-15/h2-9,11-12,14,16H,10,13H2,1H3. The van der Waals surface area contributed by atoms with Crippen LogP contribution in [0.2, 0.25) is 0 Å². The monoisotopic (exact) mass is 241 g/mol. The Labute approximate surface area is 108 Å². The second-order valence-corrected chi connectivity index (χ2v) is 4.35. The van der Waals surface area contributed by atoms with Crippen molar-refractivity contribution < 1.29 is 0 Å². The molecule has 18 heavy (non-hydrogen) atoms. The second kappa shape index (κ2) is 6.77. The number of aromatic nitrogens is 2. The van der Waals surface area contributed by atoms with E-state index in [1.807, 2.05) is 41.3 Å². The second-order valence-electron chi connectivity index (χ2n) is 4.35. The van der Waals surface area contributed by atoms with E-state index >= 15 is 0 Å². The molecular weight excluding hydrogens is 222 g/mol. The van der Waals surface area contributed by atoms with Crippen LogP contribution < -0.4 is 5.32 Å². The molecule has 3 heteroatoms. The molecule has 1 atom stereocenters. The quantitative estimate of drug-likeness (QED) is 0.842. The van der Waals surface area contributed by atoms with Crippen LogP contribution in [0.5, 0.6) is 0 Å². The Kier molecular flexibility index (Phi) is 4.73. The molecule has 0 aliphatic heterocycles. The predicted octanol–water partition coefficient (Wildman–Crippen LogP) is 2.57. The van der Waals surface area contributed by atoms with Gasteiger partial charge in [-0.15, -0.1) is 0 Å². The van der Waals surface area contributed by atoms with Gasteiger partial charge in [0.15, 0.2) is 0 Å². The van der Waals surface area contributed by atoms with Gasteiger partial charge in [-0.3, -0.25) is 4.68 Å². The molecular formula is C15H19N3. The van der Waals surface area contributed by atoms with Gasteiger partial charge in [0.25, 0.3) is 0 Å². The van der Waals surface area contributed by atoms with Gasteiger partial charge in [-0.05, 0) is 18.6 Å². The lowest BCUT2D eigenvalue weighted by Crippen LogP contribution is -2.30. The summed E-state index contributed by atoms with van der Waals surface area (Å²) in [5.74, 6) is 0. The first-order valence-electron chi connectivity index (χ1n) is 6.27. The van der Waals surface area contributed by atoms with Crippen LogP contribution in [0.3, 0.4) is 0 Å². The molecule has 1 aromatic heterocycles. The molecule has 0 fully saturated rings. The van der Waals surface area contributed by atoms with E-state index in [1.165, 1.54) is 5.56 Å². The van der Waals surface area contributed by atoms with Crippen LogP contribution in [0.4, 0.5) is 0 Å². The summed E-state index contributed by atoms with van der Waals surface area (Å²) in [7, 11) is 0. The molecule has 0 radical (unpaired) electrons. The Morgan fingerprint density at radius 1 is 1.28 bits per heavy atom. The third-order valence-corrected chi connectivity index (χ3v) is 2.71. The van der Waals surface area contributed by atoms with Gasteiger partial charge in [-0.25, -0.2) is 0 Å². The van der Waals surface area contributed by atoms with Crippen molar-refractivity contribution in [2.24, 2.45) is 0 Å². The fourth-order valence-corrected chi connectivity index (χ4v) is 1.78. The van der Waals surface area contributed by atoms with E-state index in [2.05, 4.69) is 41.6 Å². The fraction of sp³-hybridized carbons (Fsp3) is 0.267. The average Bonchev–Trinajstić information content (AvgIpc) is 2.89. The molecule has 0 saturated heterocycles. The summed E-state index contributed by atoms with van der Waals surface area (Å²) >= 11 is 0. The number of benzene rings is 1. The topological polar surface area (TPSA) is 29.9 Å². The predicted molar refractivity (Wildman–Crippen MR) is 75.2 cm³/mol. The van der Waals surface area contributed by atoms with E-state index in [9.17, 15) is 0 Å². The van der Waals surface area contributed by atoms with E-state index in [0.717, 1.165) is 13.1 Å². The van der Waals surface area contributed by atoms with Crippen LogP contribution in [0.25, 0.3) is 6.08 Å². The van der Waals surface area contributed by atoms with E-state index < -0.39 is 0 Å². The van der Waals surface area contributed by atoms with Gasteiger partial charge in [-0.2, -0.15) is 5.10 Å². The van der Waals surface area contributed by atoms with Crippen molar-refractivity contribution in [2.75, 3.05) is 6.54 Å². The van der Waals surface area contributed by atoms with Crippen LogP contribution in [-0.2, 0) is 6.54 Å². The lowest BCUT2D eigenvalue weighted by atomic mass is 10.2. The fourth-order valence-electron chi connectivity index (χ4n) is 1.78. The zero-order chi connectivity index (χ0) is 12.6. The number of hydrogen-bond donors (Lipinski definition) is 1. The van der Waals surface area contributed by atoms with Gasteiger partial charge in [0.2, 0.25) is 0 Å². The van der Waals surface area contributed by atoms with Gasteiger partial charge in [0, 0.05) is 25.0 Å². The maximum Gasteiger partial charge on any atom is 0.0560 e. The molecule has 0 aliphatic carbocycles. The number of nitrogens with one attached hydrogen (secondary N) is 1. The Hall–Kier alpha value is -1.87. The van der Waals surface area contributed by atoms with Crippen LogP contribution >= 0.6 is 0 Å². The van der Waals surface area contributed by atoms with Crippen LogP contribution in [0.15, 0.2) is 54.9 Å². The summed E-state index contributed by atoms with van der Waals surface area (Å²) in [6.45, 7) is 3.93. The van der Waals surface area contributed by atoms with Gasteiger partial charge in [-0.1, -0.05) is 42.5 Å². The molecule has 0 bridgehead atoms. The maximum absolute atomic E-state index is 4.19. The lowest BCUT2D eigenvalue weighted by molar-refractivity contribution is 0.469. The van der Waals surface area contributed by atoms with Crippen LogP contribution in [0, 0.1) is 0 Å². The molecule has 1 heterocycles. The largest absolute Gasteiger partial charge is 0.309 e. The van der Waals surface area contributed by atoms with Crippen molar-refractivity contribution in [1.29, 1.82) is 0 Å². The van der Waals surface area contributed by atoms with Crippen molar-refractivity contribution in [2.45, 2.75) is 19.5 Å². The highest BCUT2D eigenvalue weighted by Crippen LogP contribution is 2.00. The molecule has 0 saturated carbocycles. The van der Waals surface area contributed by atoms with Crippen molar-refractivity contribution in [3.05, 3.63) is 60.4 Å². The minimum absolute atomic E-state index is 0.408. The molecule has 0 aliphatic rings. The summed E-state index contributed by atoms with van der Waals surface area (Å²) in [5, 5.41) is 7.63. The number of hydrogen-bond acceptors (Lipinski definition) is 2. The molecule has 1 aromatic carbocycles. The van der Waals surface area contributed by atoms with E-state index in [-0.39, 0.29) is 0 Å². The minimum Gasteiger partial charge on any atom is -0.309 e. The Morgan fingerprint density at radius 3 is 2.83 bits per heavy atom. The molecule has 94 valence electrons. The summed E-state index contributed by atoms with van der Waals surface area (Å²) < 4.78 is 1.94. The van der Waals surface area contributed by atoms with E-state index in [4.69, 9.17) is 0 Å². The van der Waals surface area contributed by atoms with Crippen molar-refractivity contribution in [3.63, 3.8) is 0 Å². The Balaban J connectivity index is 1.70. The van der Waals surface area contributed by atoms with E-state index in [0.29, 0.717) is 6.04 Å². The summed E-state index contributed by atoms with van der Waals surface area (Å²) in [5.41, 5.74) is 1.24. The molecule has 1 unspecified atom stereocenters. The summed E-state index contributed by atoms with van der Waals surface area (Å²) in [6.07, 6.45) is 8.07. The first-order valence-corrected chi connectivity index (χ1v) is 6.27. The maximum atomic E-state index is 4.19. The molecule has 3 nitrogen and oxygen atoms in total. The number of rotatable bonds is 6. The highest BCUT2D eigenvalue weighted by molar-refractivity contribution is 5.48. The van der Waals surface area contributed by atoms with Gasteiger partial charge < -0.3 is 5.32 Å². The molecule has 0 spiro atoms. The Bertz CT molecular complexity index is 460. The molecule has 2 rings (SSSR count). The first kappa shape index (κ1) is 12.6.